The summed E-state index contributed by atoms with van der Waals surface area (Å²) in [5.74, 6) is 2.30. The van der Waals surface area contributed by atoms with Crippen molar-refractivity contribution in [2.24, 2.45) is 0 Å². The summed E-state index contributed by atoms with van der Waals surface area (Å²) < 4.78 is 27.2. The number of rotatable bonds is 8. The van der Waals surface area contributed by atoms with Crippen LogP contribution >= 0.6 is 7.60 Å². The summed E-state index contributed by atoms with van der Waals surface area (Å²) in [4.78, 5) is 0. The molecule has 0 N–H and O–H groups in total. The van der Waals surface area contributed by atoms with E-state index in [0.29, 0.717) is 18.5 Å². The summed E-state index contributed by atoms with van der Waals surface area (Å²) in [5.41, 5.74) is 0. The zero-order valence-corrected chi connectivity index (χ0v) is 10.1. The van der Waals surface area contributed by atoms with Crippen LogP contribution in [0.25, 0.3) is 0 Å². The smallest absolute Gasteiger partial charge is 0.359 e. The molecular weight excluding hydrogens is 215 g/mol. The minimum atomic E-state index is -3.24. The van der Waals surface area contributed by atoms with Crippen molar-refractivity contribution in [3.63, 3.8) is 0 Å². The molecule has 0 aliphatic rings. The van der Waals surface area contributed by atoms with Gasteiger partial charge in [-0.15, -0.1) is 6.42 Å². The van der Waals surface area contributed by atoms with Gasteiger partial charge in [0, 0.05) is 0 Å². The second-order valence-corrected chi connectivity index (χ2v) is 4.74. The third-order valence-corrected chi connectivity index (χ3v) is 3.54. The van der Waals surface area contributed by atoms with Gasteiger partial charge in [0.25, 0.3) is 0 Å². The summed E-state index contributed by atoms with van der Waals surface area (Å²) >= 11 is 0. The Morgan fingerprint density at radius 1 is 1.40 bits per heavy atom. The molecule has 0 aliphatic carbocycles. The zero-order valence-electron chi connectivity index (χ0n) is 9.19. The van der Waals surface area contributed by atoms with Crippen molar-refractivity contribution in [3.05, 3.63) is 11.9 Å². The Balaban J connectivity index is 4.30. The zero-order chi connectivity index (χ0) is 11.7. The van der Waals surface area contributed by atoms with Crippen LogP contribution < -0.4 is 0 Å². The van der Waals surface area contributed by atoms with E-state index < -0.39 is 7.60 Å². The lowest BCUT2D eigenvalue weighted by Crippen LogP contribution is -2.04. The fourth-order valence-electron chi connectivity index (χ4n) is 0.867. The first-order valence-corrected chi connectivity index (χ1v) is 6.23. The fourth-order valence-corrected chi connectivity index (χ4v) is 2.24. The standard InChI is InChI=1S/C10H17O4P/c1-5-8-12-9-10(4)15(11,13-6-2)14-7-3/h1H,4,6-9H2,2-3H3. The minimum Gasteiger partial charge on any atom is -0.364 e. The fraction of sp³-hybridized carbons (Fsp3) is 0.600. The summed E-state index contributed by atoms with van der Waals surface area (Å²) in [7, 11) is -3.24. The summed E-state index contributed by atoms with van der Waals surface area (Å²) in [6.07, 6.45) is 5.00. The molecule has 0 atom stereocenters. The predicted octanol–water partition coefficient (Wildman–Crippen LogP) is 2.42. The molecule has 0 aromatic heterocycles. The van der Waals surface area contributed by atoms with Gasteiger partial charge in [-0.3, -0.25) is 4.57 Å². The van der Waals surface area contributed by atoms with Crippen LogP contribution in [0, 0.1) is 12.3 Å². The molecule has 0 aliphatic heterocycles. The largest absolute Gasteiger partial charge is 0.364 e. The van der Waals surface area contributed by atoms with Crippen LogP contribution in [0.2, 0.25) is 0 Å². The lowest BCUT2D eigenvalue weighted by Gasteiger charge is -2.18. The van der Waals surface area contributed by atoms with E-state index in [2.05, 4.69) is 12.5 Å². The van der Waals surface area contributed by atoms with Crippen LogP contribution in [0.3, 0.4) is 0 Å². The van der Waals surface area contributed by atoms with Gasteiger partial charge < -0.3 is 13.8 Å². The molecule has 0 heterocycles. The molecule has 0 aromatic carbocycles. The molecule has 0 fully saturated rings. The quantitative estimate of drug-likeness (QED) is 0.366. The first-order valence-electron chi connectivity index (χ1n) is 4.69. The van der Waals surface area contributed by atoms with Crippen molar-refractivity contribution in [2.45, 2.75) is 13.8 Å². The van der Waals surface area contributed by atoms with Crippen molar-refractivity contribution in [3.8, 4) is 12.3 Å². The molecule has 0 bridgehead atoms. The highest BCUT2D eigenvalue weighted by Crippen LogP contribution is 2.55. The Kier molecular flexibility index (Phi) is 7.37. The number of terminal acetylenes is 1. The summed E-state index contributed by atoms with van der Waals surface area (Å²) in [6, 6.07) is 0. The highest BCUT2D eigenvalue weighted by molar-refractivity contribution is 7.58. The Hall–Kier alpha value is -0.590. The van der Waals surface area contributed by atoms with Gasteiger partial charge in [-0.25, -0.2) is 0 Å². The van der Waals surface area contributed by atoms with E-state index >= 15 is 0 Å². The van der Waals surface area contributed by atoms with Gasteiger partial charge in [-0.2, -0.15) is 0 Å². The van der Waals surface area contributed by atoms with Gasteiger partial charge in [0.2, 0.25) is 0 Å². The van der Waals surface area contributed by atoms with Gasteiger partial charge in [0.15, 0.2) is 0 Å². The second-order valence-electron chi connectivity index (χ2n) is 2.60. The first-order chi connectivity index (χ1) is 7.10. The molecule has 0 rings (SSSR count). The maximum atomic E-state index is 12.0. The number of ether oxygens (including phenoxy) is 1. The van der Waals surface area contributed by atoms with E-state index in [0.717, 1.165) is 0 Å². The van der Waals surface area contributed by atoms with Gasteiger partial charge in [0.1, 0.15) is 6.61 Å². The van der Waals surface area contributed by atoms with E-state index in [4.69, 9.17) is 20.2 Å². The van der Waals surface area contributed by atoms with Gasteiger partial charge in [0.05, 0.1) is 25.1 Å². The average molecular weight is 232 g/mol. The summed E-state index contributed by atoms with van der Waals surface area (Å²) in [5, 5.41) is 0.293. The molecule has 4 nitrogen and oxygen atoms in total. The Morgan fingerprint density at radius 3 is 2.33 bits per heavy atom. The predicted molar refractivity (Wildman–Crippen MR) is 59.7 cm³/mol. The van der Waals surface area contributed by atoms with Crippen molar-refractivity contribution in [2.75, 3.05) is 26.4 Å². The second kappa shape index (κ2) is 7.67. The Bertz CT molecular complexity index is 270. The molecule has 86 valence electrons. The molecule has 0 aromatic rings. The van der Waals surface area contributed by atoms with Crippen molar-refractivity contribution in [1.29, 1.82) is 0 Å². The van der Waals surface area contributed by atoms with Gasteiger partial charge in [-0.1, -0.05) is 12.5 Å². The minimum absolute atomic E-state index is 0.0848. The van der Waals surface area contributed by atoms with Crippen LogP contribution in [0.1, 0.15) is 13.8 Å². The third-order valence-electron chi connectivity index (χ3n) is 1.44. The molecule has 0 amide bonds. The highest BCUT2D eigenvalue weighted by atomic mass is 31.2. The molecular formula is C10H17O4P. The SMILES string of the molecule is C#CCOCC(=C)P(=O)(OCC)OCC. The van der Waals surface area contributed by atoms with Crippen molar-refractivity contribution < 1.29 is 18.3 Å². The van der Waals surface area contributed by atoms with Crippen LogP contribution in [0.5, 0.6) is 0 Å². The van der Waals surface area contributed by atoms with Crippen molar-refractivity contribution in [1.82, 2.24) is 0 Å². The molecule has 0 saturated carbocycles. The van der Waals surface area contributed by atoms with Crippen LogP contribution in [0.4, 0.5) is 0 Å². The molecule has 0 radical (unpaired) electrons. The van der Waals surface area contributed by atoms with Crippen LogP contribution in [-0.4, -0.2) is 26.4 Å². The lowest BCUT2D eigenvalue weighted by atomic mass is 10.6. The topological polar surface area (TPSA) is 44.8 Å². The van der Waals surface area contributed by atoms with E-state index in [9.17, 15) is 4.57 Å². The first kappa shape index (κ1) is 14.4. The highest BCUT2D eigenvalue weighted by Gasteiger charge is 2.27. The molecule has 0 spiro atoms. The molecule has 15 heavy (non-hydrogen) atoms. The summed E-state index contributed by atoms with van der Waals surface area (Å²) in [6.45, 7) is 7.93. The Morgan fingerprint density at radius 2 is 1.93 bits per heavy atom. The number of hydrogen-bond donors (Lipinski definition) is 0. The van der Waals surface area contributed by atoms with E-state index in [1.807, 2.05) is 0 Å². The van der Waals surface area contributed by atoms with Crippen LogP contribution in [-0.2, 0) is 18.3 Å². The van der Waals surface area contributed by atoms with E-state index in [1.54, 1.807) is 13.8 Å². The average Bonchev–Trinajstić information content (AvgIpc) is 2.18. The van der Waals surface area contributed by atoms with Gasteiger partial charge >= 0.3 is 7.60 Å². The van der Waals surface area contributed by atoms with E-state index in [-0.39, 0.29) is 13.2 Å². The Labute approximate surface area is 91.1 Å². The maximum Gasteiger partial charge on any atom is 0.359 e. The van der Waals surface area contributed by atoms with E-state index in [1.165, 1.54) is 0 Å². The lowest BCUT2D eigenvalue weighted by molar-refractivity contribution is 0.183. The molecule has 0 unspecified atom stereocenters. The molecule has 0 saturated heterocycles. The van der Waals surface area contributed by atoms with Gasteiger partial charge in [-0.05, 0) is 13.8 Å². The van der Waals surface area contributed by atoms with Crippen molar-refractivity contribution >= 4 is 7.60 Å². The normalized spacial score (nSPS) is 11.0. The third kappa shape index (κ3) is 5.15. The van der Waals surface area contributed by atoms with Crippen LogP contribution in [0.15, 0.2) is 11.9 Å². The monoisotopic (exact) mass is 232 g/mol. The molecule has 5 heteroatoms. The number of hydrogen-bond acceptors (Lipinski definition) is 4. The maximum absolute atomic E-state index is 12.0.